The predicted octanol–water partition coefficient (Wildman–Crippen LogP) is 3.42. The fourth-order valence-corrected chi connectivity index (χ4v) is 2.27. The molecular formula is C18H31NO2. The molecule has 0 radical (unpaired) electrons. The van der Waals surface area contributed by atoms with Crippen LogP contribution in [0.4, 0.5) is 0 Å². The van der Waals surface area contributed by atoms with Gasteiger partial charge in [-0.05, 0) is 43.4 Å². The van der Waals surface area contributed by atoms with Crippen molar-refractivity contribution in [1.82, 2.24) is 5.32 Å². The molecule has 0 aliphatic rings. The smallest absolute Gasteiger partial charge is 0.123 e. The van der Waals surface area contributed by atoms with Crippen molar-refractivity contribution in [3.63, 3.8) is 0 Å². The van der Waals surface area contributed by atoms with E-state index in [-0.39, 0.29) is 18.1 Å². The van der Waals surface area contributed by atoms with Crippen LogP contribution in [0.25, 0.3) is 0 Å². The van der Waals surface area contributed by atoms with Gasteiger partial charge in [0.25, 0.3) is 0 Å². The highest BCUT2D eigenvalue weighted by Gasteiger charge is 2.19. The average Bonchev–Trinajstić information content (AvgIpc) is 2.43. The topological polar surface area (TPSA) is 41.5 Å². The van der Waals surface area contributed by atoms with Gasteiger partial charge in [-0.15, -0.1) is 0 Å². The number of hydrogen-bond acceptors (Lipinski definition) is 3. The molecule has 0 aliphatic heterocycles. The molecular weight excluding hydrogens is 262 g/mol. The molecule has 1 unspecified atom stereocenters. The Morgan fingerprint density at radius 2 is 2.00 bits per heavy atom. The number of benzene rings is 1. The summed E-state index contributed by atoms with van der Waals surface area (Å²) in [6.45, 7) is 12.5. The van der Waals surface area contributed by atoms with E-state index in [4.69, 9.17) is 4.74 Å². The lowest BCUT2D eigenvalue weighted by Crippen LogP contribution is -2.34. The van der Waals surface area contributed by atoms with Gasteiger partial charge in [-0.3, -0.25) is 0 Å². The molecule has 120 valence electrons. The van der Waals surface area contributed by atoms with Crippen molar-refractivity contribution in [3.8, 4) is 5.75 Å². The van der Waals surface area contributed by atoms with Gasteiger partial charge in [0.05, 0.1) is 13.2 Å². The minimum absolute atomic E-state index is 0.0677. The Balaban J connectivity index is 2.63. The second-order valence-electron chi connectivity index (χ2n) is 6.72. The molecule has 0 saturated carbocycles. The molecule has 0 heterocycles. The van der Waals surface area contributed by atoms with Crippen LogP contribution in [0.2, 0.25) is 0 Å². The van der Waals surface area contributed by atoms with Crippen LogP contribution in [-0.2, 0) is 5.41 Å². The quantitative estimate of drug-likeness (QED) is 0.771. The first-order valence-electron chi connectivity index (χ1n) is 7.96. The van der Waals surface area contributed by atoms with Crippen molar-refractivity contribution in [2.45, 2.75) is 58.9 Å². The first-order valence-corrected chi connectivity index (χ1v) is 7.96. The van der Waals surface area contributed by atoms with Gasteiger partial charge in [0.2, 0.25) is 0 Å². The monoisotopic (exact) mass is 293 g/mol. The van der Waals surface area contributed by atoms with Crippen LogP contribution in [0, 0.1) is 6.92 Å². The SMILES string of the molecule is CCCNC(CO)CCOc1ccc(C)cc1C(C)(C)C. The van der Waals surface area contributed by atoms with Crippen LogP contribution in [-0.4, -0.2) is 30.9 Å². The Labute approximate surface area is 129 Å². The second-order valence-corrected chi connectivity index (χ2v) is 6.72. The van der Waals surface area contributed by atoms with E-state index in [2.05, 4.69) is 58.1 Å². The van der Waals surface area contributed by atoms with E-state index in [0.717, 1.165) is 25.1 Å². The number of hydrogen-bond donors (Lipinski definition) is 2. The summed E-state index contributed by atoms with van der Waals surface area (Å²) in [5.74, 6) is 0.959. The normalized spacial score (nSPS) is 13.2. The molecule has 0 saturated heterocycles. The molecule has 1 atom stereocenters. The zero-order valence-corrected chi connectivity index (χ0v) is 14.2. The van der Waals surface area contributed by atoms with E-state index in [1.54, 1.807) is 0 Å². The minimum atomic E-state index is 0.0677. The molecule has 21 heavy (non-hydrogen) atoms. The maximum atomic E-state index is 9.35. The molecule has 3 heteroatoms. The standard InChI is InChI=1S/C18H31NO2/c1-6-10-19-15(13-20)9-11-21-17-8-7-14(2)12-16(17)18(3,4)5/h7-8,12,15,19-20H,6,9-11,13H2,1-5H3. The Morgan fingerprint density at radius 1 is 1.29 bits per heavy atom. The fraction of sp³-hybridized carbons (Fsp3) is 0.667. The Hall–Kier alpha value is -1.06. The van der Waals surface area contributed by atoms with Crippen molar-refractivity contribution >= 4 is 0 Å². The molecule has 1 aromatic rings. The van der Waals surface area contributed by atoms with Crippen molar-refractivity contribution in [2.75, 3.05) is 19.8 Å². The third kappa shape index (κ3) is 6.06. The molecule has 0 spiro atoms. The van der Waals surface area contributed by atoms with Gasteiger partial charge < -0.3 is 15.2 Å². The molecule has 0 aromatic heterocycles. The number of nitrogens with one attached hydrogen (secondary N) is 1. The van der Waals surface area contributed by atoms with Crippen molar-refractivity contribution in [3.05, 3.63) is 29.3 Å². The largest absolute Gasteiger partial charge is 0.493 e. The predicted molar refractivity (Wildman–Crippen MR) is 89.2 cm³/mol. The lowest BCUT2D eigenvalue weighted by molar-refractivity contribution is 0.207. The molecule has 0 amide bonds. The van der Waals surface area contributed by atoms with Gasteiger partial charge >= 0.3 is 0 Å². The summed E-state index contributed by atoms with van der Waals surface area (Å²) in [5.41, 5.74) is 2.56. The summed E-state index contributed by atoms with van der Waals surface area (Å²) in [6, 6.07) is 6.47. The number of aliphatic hydroxyl groups excluding tert-OH is 1. The highest BCUT2D eigenvalue weighted by molar-refractivity contribution is 5.41. The summed E-state index contributed by atoms with van der Waals surface area (Å²) in [6.07, 6.45) is 1.89. The maximum absolute atomic E-state index is 9.35. The number of aryl methyl sites for hydroxylation is 1. The Morgan fingerprint density at radius 3 is 2.57 bits per heavy atom. The van der Waals surface area contributed by atoms with Gasteiger partial charge in [0, 0.05) is 6.04 Å². The van der Waals surface area contributed by atoms with E-state index in [9.17, 15) is 5.11 Å². The summed E-state index contributed by atoms with van der Waals surface area (Å²) in [4.78, 5) is 0. The number of rotatable bonds is 8. The molecule has 3 nitrogen and oxygen atoms in total. The molecule has 0 aliphatic carbocycles. The van der Waals surface area contributed by atoms with Crippen LogP contribution in [0.5, 0.6) is 5.75 Å². The van der Waals surface area contributed by atoms with Crippen LogP contribution < -0.4 is 10.1 Å². The zero-order chi connectivity index (χ0) is 15.9. The average molecular weight is 293 g/mol. The third-order valence-corrected chi connectivity index (χ3v) is 3.57. The van der Waals surface area contributed by atoms with Crippen molar-refractivity contribution in [1.29, 1.82) is 0 Å². The number of aliphatic hydroxyl groups is 1. The van der Waals surface area contributed by atoms with Crippen molar-refractivity contribution in [2.24, 2.45) is 0 Å². The van der Waals surface area contributed by atoms with E-state index < -0.39 is 0 Å². The van der Waals surface area contributed by atoms with Crippen molar-refractivity contribution < 1.29 is 9.84 Å². The number of ether oxygens (including phenoxy) is 1. The summed E-state index contributed by atoms with van der Waals surface area (Å²) in [5, 5.41) is 12.7. The molecule has 1 aromatic carbocycles. The van der Waals surface area contributed by atoms with Crippen LogP contribution in [0.3, 0.4) is 0 Å². The molecule has 1 rings (SSSR count). The first-order chi connectivity index (χ1) is 9.88. The summed E-state index contributed by atoms with van der Waals surface area (Å²) in [7, 11) is 0. The van der Waals surface area contributed by atoms with Gasteiger partial charge in [-0.2, -0.15) is 0 Å². The van der Waals surface area contributed by atoms with Gasteiger partial charge in [-0.1, -0.05) is 45.4 Å². The van der Waals surface area contributed by atoms with Gasteiger partial charge in [0.15, 0.2) is 0 Å². The van der Waals surface area contributed by atoms with Crippen LogP contribution in [0.1, 0.15) is 51.7 Å². The molecule has 2 N–H and O–H groups in total. The minimum Gasteiger partial charge on any atom is -0.493 e. The van der Waals surface area contributed by atoms with E-state index in [1.807, 2.05) is 0 Å². The molecule has 0 fully saturated rings. The molecule has 0 bridgehead atoms. The first kappa shape index (κ1) is 18.0. The third-order valence-electron chi connectivity index (χ3n) is 3.57. The van der Waals surface area contributed by atoms with E-state index in [0.29, 0.717) is 6.61 Å². The van der Waals surface area contributed by atoms with E-state index >= 15 is 0 Å². The lowest BCUT2D eigenvalue weighted by Gasteiger charge is -2.24. The van der Waals surface area contributed by atoms with Crippen LogP contribution >= 0.6 is 0 Å². The van der Waals surface area contributed by atoms with Gasteiger partial charge in [0.1, 0.15) is 5.75 Å². The Kier molecular flexibility index (Phi) is 7.20. The van der Waals surface area contributed by atoms with Crippen LogP contribution in [0.15, 0.2) is 18.2 Å². The summed E-state index contributed by atoms with van der Waals surface area (Å²) >= 11 is 0. The van der Waals surface area contributed by atoms with Gasteiger partial charge in [-0.25, -0.2) is 0 Å². The highest BCUT2D eigenvalue weighted by Crippen LogP contribution is 2.32. The highest BCUT2D eigenvalue weighted by atomic mass is 16.5. The maximum Gasteiger partial charge on any atom is 0.123 e. The lowest BCUT2D eigenvalue weighted by atomic mass is 9.85. The second kappa shape index (κ2) is 8.40. The Bertz CT molecular complexity index is 424. The zero-order valence-electron chi connectivity index (χ0n) is 14.2. The fourth-order valence-electron chi connectivity index (χ4n) is 2.27. The summed E-state index contributed by atoms with van der Waals surface area (Å²) < 4.78 is 5.98. The van der Waals surface area contributed by atoms with E-state index in [1.165, 1.54) is 11.1 Å².